The maximum Gasteiger partial charge on any atom is 0.226 e. The second-order valence-electron chi connectivity index (χ2n) is 7.29. The van der Waals surface area contributed by atoms with Crippen LogP contribution >= 0.6 is 23.2 Å². The minimum atomic E-state index is -0.781. The molecule has 0 atom stereocenters. The zero-order chi connectivity index (χ0) is 23.8. The summed E-state index contributed by atoms with van der Waals surface area (Å²) in [7, 11) is 3.16. The molecule has 0 fully saturated rings. The molecule has 0 radical (unpaired) electrons. The van der Waals surface area contributed by atoms with E-state index >= 15 is 0 Å². The molecule has 3 rings (SSSR count). The van der Waals surface area contributed by atoms with Gasteiger partial charge >= 0.3 is 0 Å². The third kappa shape index (κ3) is 7.14. The molecular weight excluding hydrogens is 463 g/mol. The van der Waals surface area contributed by atoms with Crippen molar-refractivity contribution in [3.63, 3.8) is 0 Å². The van der Waals surface area contributed by atoms with Crippen molar-refractivity contribution in [1.82, 2.24) is 10.6 Å². The molecule has 8 heteroatoms. The van der Waals surface area contributed by atoms with Gasteiger partial charge in [0.05, 0.1) is 37.1 Å². The van der Waals surface area contributed by atoms with Gasteiger partial charge in [0.15, 0.2) is 0 Å². The Balaban J connectivity index is 1.72. The Morgan fingerprint density at radius 2 is 1.18 bits per heavy atom. The second-order valence-corrected chi connectivity index (χ2v) is 8.11. The first-order valence-electron chi connectivity index (χ1n) is 10.2. The zero-order valence-electron chi connectivity index (χ0n) is 18.2. The number of carbonyl (C=O) groups is 2. The average Bonchev–Trinajstić information content (AvgIpc) is 2.81. The summed E-state index contributed by atoms with van der Waals surface area (Å²) >= 11 is 12.2. The fraction of sp³-hybridized carbons (Fsp3) is 0.200. The van der Waals surface area contributed by atoms with Crippen molar-refractivity contribution in [3.05, 3.63) is 93.5 Å². The van der Waals surface area contributed by atoms with Crippen molar-refractivity contribution in [2.45, 2.75) is 19.0 Å². The van der Waals surface area contributed by atoms with Crippen molar-refractivity contribution >= 4 is 35.0 Å². The summed E-state index contributed by atoms with van der Waals surface area (Å²) in [5.41, 5.74) is 2.23. The summed E-state index contributed by atoms with van der Waals surface area (Å²) in [6.07, 6.45) is -0.511. The molecule has 0 saturated carbocycles. The molecule has 172 valence electrons. The van der Waals surface area contributed by atoms with E-state index in [-0.39, 0.29) is 24.7 Å². The first-order chi connectivity index (χ1) is 15.9. The van der Waals surface area contributed by atoms with E-state index < -0.39 is 6.17 Å². The van der Waals surface area contributed by atoms with Gasteiger partial charge in [-0.2, -0.15) is 0 Å². The fourth-order valence-electron chi connectivity index (χ4n) is 3.18. The van der Waals surface area contributed by atoms with E-state index in [9.17, 15) is 9.59 Å². The van der Waals surface area contributed by atoms with Gasteiger partial charge in [-0.15, -0.1) is 0 Å². The van der Waals surface area contributed by atoms with Crippen LogP contribution in [-0.4, -0.2) is 26.0 Å². The lowest BCUT2D eigenvalue weighted by atomic mass is 10.1. The molecule has 0 aliphatic rings. The topological polar surface area (TPSA) is 76.7 Å². The highest BCUT2D eigenvalue weighted by atomic mass is 35.5. The number of nitrogens with one attached hydrogen (secondary N) is 2. The van der Waals surface area contributed by atoms with Crippen molar-refractivity contribution in [2.75, 3.05) is 14.2 Å². The van der Waals surface area contributed by atoms with E-state index in [1.165, 1.54) is 0 Å². The van der Waals surface area contributed by atoms with Crippen molar-refractivity contribution in [3.8, 4) is 11.5 Å². The Hall–Kier alpha value is -3.22. The minimum Gasteiger partial charge on any atom is -0.497 e. The molecule has 0 heterocycles. The van der Waals surface area contributed by atoms with Crippen LogP contribution in [0.5, 0.6) is 11.5 Å². The van der Waals surface area contributed by atoms with Gasteiger partial charge in [0, 0.05) is 0 Å². The highest BCUT2D eigenvalue weighted by Crippen LogP contribution is 2.25. The van der Waals surface area contributed by atoms with Crippen LogP contribution < -0.4 is 20.1 Å². The van der Waals surface area contributed by atoms with Gasteiger partial charge in [0.25, 0.3) is 0 Å². The number of halogens is 2. The van der Waals surface area contributed by atoms with Crippen molar-refractivity contribution in [2.24, 2.45) is 0 Å². The van der Waals surface area contributed by atoms with E-state index in [0.29, 0.717) is 27.1 Å². The Morgan fingerprint density at radius 3 is 1.58 bits per heavy atom. The van der Waals surface area contributed by atoms with Gasteiger partial charge in [0.1, 0.15) is 17.7 Å². The number of hydrogen-bond acceptors (Lipinski definition) is 4. The molecule has 0 aliphatic carbocycles. The molecule has 0 aromatic heterocycles. The van der Waals surface area contributed by atoms with Crippen molar-refractivity contribution < 1.29 is 19.1 Å². The molecule has 3 aromatic carbocycles. The Bertz CT molecular complexity index is 1040. The van der Waals surface area contributed by atoms with Crippen LogP contribution in [-0.2, 0) is 22.4 Å². The SMILES string of the molecule is COc1ccc(CC(=O)NC(NC(=O)Cc2ccc(OC)cc2)c2ccc(Cl)c(Cl)c2)cc1. The number of benzene rings is 3. The molecule has 0 unspecified atom stereocenters. The predicted octanol–water partition coefficient (Wildman–Crippen LogP) is 4.73. The van der Waals surface area contributed by atoms with Crippen LogP contribution in [0, 0.1) is 0 Å². The Kier molecular flexibility index (Phi) is 8.58. The van der Waals surface area contributed by atoms with Gasteiger partial charge in [-0.3, -0.25) is 9.59 Å². The zero-order valence-corrected chi connectivity index (χ0v) is 19.7. The van der Waals surface area contributed by atoms with Crippen molar-refractivity contribution in [1.29, 1.82) is 0 Å². The van der Waals surface area contributed by atoms with Crippen LogP contribution in [0.3, 0.4) is 0 Å². The summed E-state index contributed by atoms with van der Waals surface area (Å²) in [6, 6.07) is 19.4. The maximum atomic E-state index is 12.7. The average molecular weight is 487 g/mol. The lowest BCUT2D eigenvalue weighted by molar-refractivity contribution is -0.123. The van der Waals surface area contributed by atoms with Crippen LogP contribution in [0.25, 0.3) is 0 Å². The number of ether oxygens (including phenoxy) is 2. The van der Waals surface area contributed by atoms with E-state index in [1.807, 2.05) is 24.3 Å². The number of methoxy groups -OCH3 is 2. The van der Waals surface area contributed by atoms with Gasteiger partial charge in [0.2, 0.25) is 11.8 Å². The van der Waals surface area contributed by atoms with Crippen LogP contribution in [0.1, 0.15) is 22.9 Å². The minimum absolute atomic E-state index is 0.135. The lowest BCUT2D eigenvalue weighted by Crippen LogP contribution is -2.42. The summed E-state index contributed by atoms with van der Waals surface area (Å²) in [4.78, 5) is 25.5. The van der Waals surface area contributed by atoms with E-state index in [4.69, 9.17) is 32.7 Å². The molecule has 0 bridgehead atoms. The summed E-state index contributed by atoms with van der Waals surface area (Å²) < 4.78 is 10.3. The second kappa shape index (κ2) is 11.6. The van der Waals surface area contributed by atoms with E-state index in [2.05, 4.69) is 10.6 Å². The standard InChI is InChI=1S/C25H24Cl2N2O4/c1-32-19-8-3-16(4-9-19)13-23(30)28-25(18-7-12-21(26)22(27)15-18)29-24(31)14-17-5-10-20(33-2)11-6-17/h3-12,15,25H,13-14H2,1-2H3,(H,28,30)(H,29,31). The number of amides is 2. The summed E-state index contributed by atoms with van der Waals surface area (Å²) in [5, 5.41) is 6.45. The summed E-state index contributed by atoms with van der Waals surface area (Å²) in [6.45, 7) is 0. The molecule has 0 spiro atoms. The molecule has 3 aromatic rings. The quantitative estimate of drug-likeness (QED) is 0.428. The third-order valence-electron chi connectivity index (χ3n) is 4.94. The van der Waals surface area contributed by atoms with Gasteiger partial charge in [-0.1, -0.05) is 53.5 Å². The molecule has 2 amide bonds. The predicted molar refractivity (Wildman–Crippen MR) is 129 cm³/mol. The number of rotatable bonds is 9. The molecule has 0 aliphatic heterocycles. The fourth-order valence-corrected chi connectivity index (χ4v) is 3.48. The summed E-state index contributed by atoms with van der Waals surface area (Å²) in [5.74, 6) is 0.888. The molecular formula is C25H24Cl2N2O4. The van der Waals surface area contributed by atoms with Crippen LogP contribution in [0.2, 0.25) is 10.0 Å². The third-order valence-corrected chi connectivity index (χ3v) is 5.67. The first-order valence-corrected chi connectivity index (χ1v) is 10.9. The van der Waals surface area contributed by atoms with Gasteiger partial charge in [-0.25, -0.2) is 0 Å². The Labute approximate surface area is 202 Å². The van der Waals surface area contributed by atoms with E-state index in [1.54, 1.807) is 56.7 Å². The monoisotopic (exact) mass is 486 g/mol. The largest absolute Gasteiger partial charge is 0.497 e. The van der Waals surface area contributed by atoms with E-state index in [0.717, 1.165) is 11.1 Å². The Morgan fingerprint density at radius 1 is 0.727 bits per heavy atom. The number of hydrogen-bond donors (Lipinski definition) is 2. The molecule has 6 nitrogen and oxygen atoms in total. The highest BCUT2D eigenvalue weighted by Gasteiger charge is 2.19. The normalized spacial score (nSPS) is 10.6. The molecule has 0 saturated heterocycles. The molecule has 2 N–H and O–H groups in total. The van der Waals surface area contributed by atoms with Crippen LogP contribution in [0.15, 0.2) is 66.7 Å². The number of carbonyl (C=O) groups excluding carboxylic acids is 2. The smallest absolute Gasteiger partial charge is 0.226 e. The molecule has 33 heavy (non-hydrogen) atoms. The van der Waals surface area contributed by atoms with Gasteiger partial charge in [-0.05, 0) is 53.1 Å². The maximum absolute atomic E-state index is 12.7. The highest BCUT2D eigenvalue weighted by molar-refractivity contribution is 6.42. The lowest BCUT2D eigenvalue weighted by Gasteiger charge is -2.21. The van der Waals surface area contributed by atoms with Crippen LogP contribution in [0.4, 0.5) is 0 Å². The first kappa shape index (κ1) is 24.4. The van der Waals surface area contributed by atoms with Gasteiger partial charge < -0.3 is 20.1 Å².